The minimum absolute atomic E-state index is 0.181. The van der Waals surface area contributed by atoms with Gasteiger partial charge >= 0.3 is 5.97 Å². The molecule has 7 nitrogen and oxygen atoms in total. The number of aromatic carboxylic acids is 1. The fourth-order valence-electron chi connectivity index (χ4n) is 4.88. The maximum atomic E-state index is 11.4. The third-order valence-electron chi connectivity index (χ3n) is 6.59. The molecule has 0 amide bonds. The summed E-state index contributed by atoms with van der Waals surface area (Å²) in [7, 11) is 0. The molecule has 1 saturated heterocycles. The number of carbonyl (C=O) groups is 1. The Morgan fingerprint density at radius 1 is 1.13 bits per heavy atom. The molecule has 0 saturated carbocycles. The first kappa shape index (κ1) is 21.8. The number of nitrogens with one attached hydrogen (secondary N) is 1. The van der Waals surface area contributed by atoms with Crippen LogP contribution in [0.25, 0.3) is 0 Å². The number of carboxylic acids is 1. The molecule has 0 radical (unpaired) electrons. The van der Waals surface area contributed by atoms with Crippen molar-refractivity contribution in [3.8, 4) is 5.75 Å². The van der Waals surface area contributed by atoms with E-state index in [1.165, 1.54) is 44.2 Å². The normalized spacial score (nSPS) is 22.0. The van der Waals surface area contributed by atoms with Crippen molar-refractivity contribution in [3.05, 3.63) is 47.3 Å². The van der Waals surface area contributed by atoms with Gasteiger partial charge in [0.1, 0.15) is 18.1 Å². The first-order valence-corrected chi connectivity index (χ1v) is 11.6. The van der Waals surface area contributed by atoms with Crippen molar-refractivity contribution in [1.82, 2.24) is 20.0 Å². The number of nitrogens with zero attached hydrogens (tertiary/aromatic N) is 3. The van der Waals surface area contributed by atoms with E-state index < -0.39 is 5.97 Å². The van der Waals surface area contributed by atoms with Gasteiger partial charge in [-0.2, -0.15) is 5.10 Å². The van der Waals surface area contributed by atoms with Crippen LogP contribution in [-0.4, -0.2) is 69.9 Å². The number of aromatic amines is 1. The lowest BCUT2D eigenvalue weighted by Crippen LogP contribution is -2.40. The minimum atomic E-state index is -0.963. The van der Waals surface area contributed by atoms with Crippen molar-refractivity contribution in [2.45, 2.75) is 57.5 Å². The van der Waals surface area contributed by atoms with Crippen LogP contribution in [0.4, 0.5) is 0 Å². The van der Waals surface area contributed by atoms with E-state index in [0.717, 1.165) is 43.8 Å². The van der Waals surface area contributed by atoms with Crippen LogP contribution in [0, 0.1) is 0 Å². The lowest BCUT2D eigenvalue weighted by molar-refractivity contribution is 0.0687. The number of carboxylic acid groups (broad SMARTS) is 1. The number of piperidine rings is 1. The number of rotatable bonds is 3. The van der Waals surface area contributed by atoms with E-state index in [4.69, 9.17) is 4.74 Å². The Kier molecular flexibility index (Phi) is 7.59. The van der Waals surface area contributed by atoms with Crippen LogP contribution in [0.3, 0.4) is 0 Å². The molecule has 2 aliphatic heterocycles. The predicted octanol–water partition coefficient (Wildman–Crippen LogP) is 3.57. The Hall–Kier alpha value is -2.38. The first-order chi connectivity index (χ1) is 15.2. The van der Waals surface area contributed by atoms with Gasteiger partial charge in [0.15, 0.2) is 0 Å². The fraction of sp³-hybridized carbons (Fsp3) is 0.583. The molecule has 2 N–H and O–H groups in total. The van der Waals surface area contributed by atoms with Gasteiger partial charge in [0.25, 0.3) is 0 Å². The molecule has 0 aliphatic carbocycles. The Morgan fingerprint density at radius 3 is 2.84 bits per heavy atom. The second-order valence-corrected chi connectivity index (χ2v) is 8.78. The van der Waals surface area contributed by atoms with Gasteiger partial charge in [0.2, 0.25) is 0 Å². The van der Waals surface area contributed by atoms with Crippen LogP contribution in [0.1, 0.15) is 60.1 Å². The molecule has 2 aromatic rings. The molecule has 1 atom stereocenters. The topological polar surface area (TPSA) is 81.7 Å². The highest BCUT2D eigenvalue weighted by atomic mass is 16.5. The molecule has 3 heterocycles. The van der Waals surface area contributed by atoms with Gasteiger partial charge in [0, 0.05) is 24.7 Å². The molecule has 1 aromatic carbocycles. The summed E-state index contributed by atoms with van der Waals surface area (Å²) in [6.07, 6.45) is 10.2. The van der Waals surface area contributed by atoms with E-state index in [2.05, 4.69) is 38.2 Å². The van der Waals surface area contributed by atoms with E-state index >= 15 is 0 Å². The van der Waals surface area contributed by atoms with Gasteiger partial charge in [-0.05, 0) is 75.9 Å². The van der Waals surface area contributed by atoms with Gasteiger partial charge in [-0.1, -0.05) is 18.6 Å². The molecule has 31 heavy (non-hydrogen) atoms. The second-order valence-electron chi connectivity index (χ2n) is 8.78. The number of hydrogen-bond donors (Lipinski definition) is 2. The SMILES string of the molecule is O=C(O)c1[nH]ncc1CN1CCCCN2CCCCC2CCc2cccc(c2)OCC1. The highest BCUT2D eigenvalue weighted by molar-refractivity contribution is 5.86. The zero-order valence-electron chi connectivity index (χ0n) is 18.3. The largest absolute Gasteiger partial charge is 0.492 e. The summed E-state index contributed by atoms with van der Waals surface area (Å²) < 4.78 is 6.06. The Labute approximate surface area is 184 Å². The molecule has 1 aromatic heterocycles. The summed E-state index contributed by atoms with van der Waals surface area (Å²) >= 11 is 0. The van der Waals surface area contributed by atoms with Crippen molar-refractivity contribution < 1.29 is 14.6 Å². The average Bonchev–Trinajstić information content (AvgIpc) is 3.24. The summed E-state index contributed by atoms with van der Waals surface area (Å²) in [5.74, 6) is -0.0441. The van der Waals surface area contributed by atoms with Crippen molar-refractivity contribution >= 4 is 5.97 Å². The second kappa shape index (κ2) is 10.8. The summed E-state index contributed by atoms with van der Waals surface area (Å²) in [6.45, 7) is 5.19. The zero-order chi connectivity index (χ0) is 21.5. The number of ether oxygens (including phenoxy) is 1. The summed E-state index contributed by atoms with van der Waals surface area (Å²) in [5.41, 5.74) is 2.25. The van der Waals surface area contributed by atoms with Gasteiger partial charge in [0.05, 0.1) is 6.20 Å². The van der Waals surface area contributed by atoms with Crippen LogP contribution in [0.15, 0.2) is 30.5 Å². The number of benzene rings is 1. The van der Waals surface area contributed by atoms with E-state index in [1.54, 1.807) is 6.20 Å². The lowest BCUT2D eigenvalue weighted by Gasteiger charge is -2.36. The van der Waals surface area contributed by atoms with Crippen molar-refractivity contribution in [1.29, 1.82) is 0 Å². The monoisotopic (exact) mass is 426 g/mol. The smallest absolute Gasteiger partial charge is 0.354 e. The molecular formula is C24H34N4O3. The fourth-order valence-corrected chi connectivity index (χ4v) is 4.88. The number of hydrogen-bond acceptors (Lipinski definition) is 5. The van der Waals surface area contributed by atoms with Gasteiger partial charge < -0.3 is 14.7 Å². The molecule has 2 aliphatic rings. The summed E-state index contributed by atoms with van der Waals surface area (Å²) in [4.78, 5) is 16.4. The standard InChI is InChI=1S/C24H34N4O3/c29-24(30)23-20(17-25-26-23)18-27-11-3-4-13-28-12-2-1-7-21(28)10-9-19-6-5-8-22(16-19)31-15-14-27/h5-6,8,16-17,21H,1-4,7,9-15,18H2,(H,25,26)(H,29,30). The third-order valence-corrected chi connectivity index (χ3v) is 6.59. The molecule has 1 unspecified atom stereocenters. The van der Waals surface area contributed by atoms with Crippen LogP contribution in [-0.2, 0) is 13.0 Å². The summed E-state index contributed by atoms with van der Waals surface area (Å²) in [5, 5.41) is 15.9. The quantitative estimate of drug-likeness (QED) is 0.781. The highest BCUT2D eigenvalue weighted by Crippen LogP contribution is 2.23. The number of H-pyrrole nitrogens is 1. The van der Waals surface area contributed by atoms with Crippen molar-refractivity contribution in [2.24, 2.45) is 0 Å². The van der Waals surface area contributed by atoms with Gasteiger partial charge in [-0.3, -0.25) is 10.00 Å². The predicted molar refractivity (Wildman–Crippen MR) is 120 cm³/mol. The number of fused-ring (bicyclic) bond motifs is 3. The molecule has 7 heteroatoms. The third kappa shape index (κ3) is 6.08. The Bertz CT molecular complexity index is 853. The van der Waals surface area contributed by atoms with Crippen molar-refractivity contribution in [3.63, 3.8) is 0 Å². The molecule has 0 spiro atoms. The Morgan fingerprint density at radius 2 is 1.97 bits per heavy atom. The van der Waals surface area contributed by atoms with Crippen LogP contribution in [0.2, 0.25) is 0 Å². The Balaban J connectivity index is 1.46. The highest BCUT2D eigenvalue weighted by Gasteiger charge is 2.22. The molecule has 4 rings (SSSR count). The molecule has 2 bridgehead atoms. The molecule has 168 valence electrons. The van der Waals surface area contributed by atoms with Crippen LogP contribution >= 0.6 is 0 Å². The molecular weight excluding hydrogens is 392 g/mol. The maximum absolute atomic E-state index is 11.4. The minimum Gasteiger partial charge on any atom is -0.492 e. The average molecular weight is 427 g/mol. The van der Waals surface area contributed by atoms with Crippen LogP contribution in [0.5, 0.6) is 5.75 Å². The van der Waals surface area contributed by atoms with Gasteiger partial charge in [-0.25, -0.2) is 4.79 Å². The summed E-state index contributed by atoms with van der Waals surface area (Å²) in [6, 6.07) is 9.18. The van der Waals surface area contributed by atoms with E-state index in [1.807, 2.05) is 6.07 Å². The van der Waals surface area contributed by atoms with E-state index in [-0.39, 0.29) is 5.69 Å². The van der Waals surface area contributed by atoms with Crippen LogP contribution < -0.4 is 4.74 Å². The maximum Gasteiger partial charge on any atom is 0.354 e. The zero-order valence-corrected chi connectivity index (χ0v) is 18.3. The number of aryl methyl sites for hydroxylation is 1. The molecule has 1 fully saturated rings. The van der Waals surface area contributed by atoms with Gasteiger partial charge in [-0.15, -0.1) is 0 Å². The first-order valence-electron chi connectivity index (χ1n) is 11.6. The number of aromatic nitrogens is 2. The lowest BCUT2D eigenvalue weighted by atomic mass is 9.95. The van der Waals surface area contributed by atoms with E-state index in [9.17, 15) is 9.90 Å². The van der Waals surface area contributed by atoms with E-state index in [0.29, 0.717) is 19.2 Å². The van der Waals surface area contributed by atoms with Crippen molar-refractivity contribution in [2.75, 3.05) is 32.8 Å².